The van der Waals surface area contributed by atoms with Crippen molar-refractivity contribution in [3.63, 3.8) is 0 Å². The minimum absolute atomic E-state index is 0.0903. The number of halogens is 2. The molecule has 222 valence electrons. The first-order valence-electron chi connectivity index (χ1n) is 14.0. The predicted octanol–water partition coefficient (Wildman–Crippen LogP) is 7.99. The first kappa shape index (κ1) is 29.7. The van der Waals surface area contributed by atoms with Gasteiger partial charge >= 0.3 is 0 Å². The fourth-order valence-electron chi connectivity index (χ4n) is 5.64. The molecule has 10 heteroatoms. The van der Waals surface area contributed by atoms with E-state index in [1.807, 2.05) is 84.9 Å². The Bertz CT molecular complexity index is 1810. The van der Waals surface area contributed by atoms with E-state index in [1.165, 1.54) is 0 Å². The summed E-state index contributed by atoms with van der Waals surface area (Å²) in [4.78, 5) is 19.3. The van der Waals surface area contributed by atoms with Crippen LogP contribution in [0.1, 0.15) is 34.7 Å². The topological polar surface area (TPSA) is 71.4 Å². The van der Waals surface area contributed by atoms with Crippen molar-refractivity contribution in [1.82, 2.24) is 14.9 Å². The van der Waals surface area contributed by atoms with Crippen LogP contribution in [0.4, 0.5) is 11.4 Å². The van der Waals surface area contributed by atoms with Crippen molar-refractivity contribution in [2.75, 3.05) is 16.8 Å². The zero-order chi connectivity index (χ0) is 30.8. The number of amides is 1. The average molecular weight is 643 g/mol. The van der Waals surface area contributed by atoms with Gasteiger partial charge < -0.3 is 24.8 Å². The van der Waals surface area contributed by atoms with Crippen LogP contribution >= 0.6 is 35.4 Å². The molecule has 5 aromatic rings. The number of aryl methyl sites for hydroxylation is 1. The van der Waals surface area contributed by atoms with Gasteiger partial charge in [0.25, 0.3) is 5.91 Å². The lowest BCUT2D eigenvalue weighted by atomic mass is 9.96. The number of pyridine rings is 1. The van der Waals surface area contributed by atoms with E-state index in [-0.39, 0.29) is 24.6 Å². The third kappa shape index (κ3) is 6.01. The predicted molar refractivity (Wildman–Crippen MR) is 180 cm³/mol. The second-order valence-corrected chi connectivity index (χ2v) is 11.7. The highest BCUT2D eigenvalue weighted by Crippen LogP contribution is 2.44. The van der Waals surface area contributed by atoms with E-state index in [1.54, 1.807) is 12.3 Å². The summed E-state index contributed by atoms with van der Waals surface area (Å²) >= 11 is 18.8. The number of carbonyl (C=O) groups is 1. The molecule has 6 rings (SSSR count). The highest BCUT2D eigenvalue weighted by atomic mass is 35.5. The summed E-state index contributed by atoms with van der Waals surface area (Å²) in [6.07, 6.45) is 1.79. The Labute approximate surface area is 271 Å². The van der Waals surface area contributed by atoms with Gasteiger partial charge in [-0.3, -0.25) is 9.78 Å². The SMILES string of the molecule is Cc1cc([C@@H]2[C@H](c3ccccn3)NC(=S)N2c2ccc(NC(=O)COc3ccccc3)cc2)c(C)n1-c1ccc(Cl)cc1Cl. The van der Waals surface area contributed by atoms with Crippen molar-refractivity contribution >= 4 is 57.8 Å². The molecule has 1 amide bonds. The summed E-state index contributed by atoms with van der Waals surface area (Å²) in [7, 11) is 0. The minimum atomic E-state index is -0.249. The lowest BCUT2D eigenvalue weighted by Gasteiger charge is -2.28. The van der Waals surface area contributed by atoms with E-state index in [9.17, 15) is 4.79 Å². The Morgan fingerprint density at radius 3 is 2.43 bits per heavy atom. The first-order valence-corrected chi connectivity index (χ1v) is 15.2. The molecule has 0 saturated carbocycles. The molecule has 1 aliphatic rings. The standard InChI is InChI=1S/C34H29Cl2N5O2S/c1-21-18-27(22(2)40(21)30-16-11-23(35)19-28(30)36)33-32(29-10-6-7-17-37-29)39-34(44)41(33)25-14-12-24(13-15-25)38-31(42)20-43-26-8-4-3-5-9-26/h3-19,32-33H,20H2,1-2H3,(H,38,42)(H,39,44)/t32-,33+/m0/s1. The Kier molecular flexibility index (Phi) is 8.57. The van der Waals surface area contributed by atoms with Crippen LogP contribution in [0.15, 0.2) is 103 Å². The van der Waals surface area contributed by atoms with Gasteiger partial charge in [-0.15, -0.1) is 0 Å². The maximum atomic E-state index is 12.5. The summed E-state index contributed by atoms with van der Waals surface area (Å²) in [5.74, 6) is 0.389. The zero-order valence-corrected chi connectivity index (χ0v) is 26.3. The number of benzene rings is 3. The van der Waals surface area contributed by atoms with E-state index in [0.717, 1.165) is 34.0 Å². The van der Waals surface area contributed by atoms with Gasteiger partial charge in [-0.2, -0.15) is 0 Å². The monoisotopic (exact) mass is 641 g/mol. The molecule has 7 nitrogen and oxygen atoms in total. The average Bonchev–Trinajstić information content (AvgIpc) is 3.52. The van der Waals surface area contributed by atoms with Gasteiger partial charge in [-0.1, -0.05) is 47.5 Å². The number of thiocarbonyl (C=S) groups is 1. The first-order chi connectivity index (χ1) is 21.3. The molecule has 1 saturated heterocycles. The van der Waals surface area contributed by atoms with Crippen molar-refractivity contribution in [3.8, 4) is 11.4 Å². The molecule has 44 heavy (non-hydrogen) atoms. The second-order valence-electron chi connectivity index (χ2n) is 10.5. The minimum Gasteiger partial charge on any atom is -0.484 e. The van der Waals surface area contributed by atoms with Crippen LogP contribution in [0, 0.1) is 13.8 Å². The molecule has 1 aliphatic heterocycles. The van der Waals surface area contributed by atoms with E-state index in [2.05, 4.69) is 45.0 Å². The summed E-state index contributed by atoms with van der Waals surface area (Å²) in [5, 5.41) is 8.14. The Morgan fingerprint density at radius 1 is 0.977 bits per heavy atom. The molecule has 1 fully saturated rings. The normalized spacial score (nSPS) is 16.1. The third-order valence-corrected chi connectivity index (χ3v) is 8.43. The van der Waals surface area contributed by atoms with Crippen LogP contribution < -0.4 is 20.3 Å². The number of para-hydroxylation sites is 1. The van der Waals surface area contributed by atoms with Crippen LogP contribution in [0.5, 0.6) is 5.75 Å². The summed E-state index contributed by atoms with van der Waals surface area (Å²) in [6.45, 7) is 4.05. The molecule has 3 heterocycles. The largest absolute Gasteiger partial charge is 0.484 e. The van der Waals surface area contributed by atoms with Crippen LogP contribution in [0.3, 0.4) is 0 Å². The molecule has 3 aromatic carbocycles. The van der Waals surface area contributed by atoms with Gasteiger partial charge in [-0.05, 0) is 104 Å². The van der Waals surface area contributed by atoms with E-state index in [0.29, 0.717) is 26.6 Å². The van der Waals surface area contributed by atoms with Gasteiger partial charge in [-0.25, -0.2) is 0 Å². The summed E-state index contributed by atoms with van der Waals surface area (Å²) in [6, 6.07) is 30.0. The van der Waals surface area contributed by atoms with Crippen molar-refractivity contribution in [1.29, 1.82) is 0 Å². The lowest BCUT2D eigenvalue weighted by molar-refractivity contribution is -0.118. The number of hydrogen-bond donors (Lipinski definition) is 2. The van der Waals surface area contributed by atoms with Crippen LogP contribution in [0.2, 0.25) is 10.0 Å². The maximum absolute atomic E-state index is 12.5. The molecule has 2 atom stereocenters. The van der Waals surface area contributed by atoms with Crippen LogP contribution in [-0.4, -0.2) is 27.2 Å². The fraction of sp³-hybridized carbons (Fsp3) is 0.147. The lowest BCUT2D eigenvalue weighted by Crippen LogP contribution is -2.29. The molecule has 0 radical (unpaired) electrons. The number of hydrogen-bond acceptors (Lipinski definition) is 4. The second kappa shape index (κ2) is 12.7. The molecule has 2 N–H and O–H groups in total. The molecule has 0 bridgehead atoms. The third-order valence-electron chi connectivity index (χ3n) is 7.58. The molecular formula is C34H29Cl2N5O2S. The number of ether oxygens (including phenoxy) is 1. The highest BCUT2D eigenvalue weighted by molar-refractivity contribution is 7.80. The maximum Gasteiger partial charge on any atom is 0.262 e. The molecule has 0 unspecified atom stereocenters. The number of aromatic nitrogens is 2. The zero-order valence-electron chi connectivity index (χ0n) is 24.0. The Morgan fingerprint density at radius 2 is 1.73 bits per heavy atom. The summed E-state index contributed by atoms with van der Waals surface area (Å²) in [5.41, 5.74) is 6.38. The van der Waals surface area contributed by atoms with Crippen molar-refractivity contribution < 1.29 is 9.53 Å². The molecule has 0 spiro atoms. The number of anilines is 2. The number of carbonyl (C=O) groups excluding carboxylic acids is 1. The quantitative estimate of drug-likeness (QED) is 0.167. The van der Waals surface area contributed by atoms with Gasteiger partial charge in [0.15, 0.2) is 11.7 Å². The number of nitrogens with zero attached hydrogens (tertiary/aromatic N) is 3. The summed E-state index contributed by atoms with van der Waals surface area (Å²) < 4.78 is 7.71. The van der Waals surface area contributed by atoms with Crippen LogP contribution in [0.25, 0.3) is 5.69 Å². The van der Waals surface area contributed by atoms with Gasteiger partial charge in [0.2, 0.25) is 0 Å². The molecule has 2 aromatic heterocycles. The van der Waals surface area contributed by atoms with E-state index in [4.69, 9.17) is 40.2 Å². The highest BCUT2D eigenvalue weighted by Gasteiger charge is 2.42. The van der Waals surface area contributed by atoms with Crippen molar-refractivity contribution in [2.24, 2.45) is 0 Å². The van der Waals surface area contributed by atoms with E-state index >= 15 is 0 Å². The Hall–Kier alpha value is -4.37. The van der Waals surface area contributed by atoms with Gasteiger partial charge in [0, 0.05) is 34.0 Å². The fourth-order valence-corrected chi connectivity index (χ4v) is 6.48. The van der Waals surface area contributed by atoms with Gasteiger partial charge in [0.1, 0.15) is 5.75 Å². The van der Waals surface area contributed by atoms with Gasteiger partial charge in [0.05, 0.1) is 28.5 Å². The molecule has 0 aliphatic carbocycles. The van der Waals surface area contributed by atoms with Crippen molar-refractivity contribution in [3.05, 3.63) is 136 Å². The molecular weight excluding hydrogens is 613 g/mol. The van der Waals surface area contributed by atoms with E-state index < -0.39 is 0 Å². The Balaban J connectivity index is 1.32. The van der Waals surface area contributed by atoms with Crippen LogP contribution in [-0.2, 0) is 4.79 Å². The number of nitrogens with one attached hydrogen (secondary N) is 2. The van der Waals surface area contributed by atoms with Crippen molar-refractivity contribution in [2.45, 2.75) is 25.9 Å². The number of rotatable bonds is 8. The smallest absolute Gasteiger partial charge is 0.262 e.